The quantitative estimate of drug-likeness (QED) is 0.391. The van der Waals surface area contributed by atoms with Crippen molar-refractivity contribution < 1.29 is 14.4 Å². The van der Waals surface area contributed by atoms with E-state index in [0.717, 1.165) is 44.9 Å². The number of hydrogen-bond donors (Lipinski definition) is 1. The van der Waals surface area contributed by atoms with Crippen LogP contribution in [0.5, 0.6) is 0 Å². The zero-order valence-corrected chi connectivity index (χ0v) is 25.6. The molecule has 0 aromatic heterocycles. The summed E-state index contributed by atoms with van der Waals surface area (Å²) in [6.07, 6.45) is 10.1. The van der Waals surface area contributed by atoms with Gasteiger partial charge in [-0.2, -0.15) is 0 Å². The summed E-state index contributed by atoms with van der Waals surface area (Å²) in [6, 6.07) is 0. The number of fused-ring (bicyclic) bond motifs is 7. The summed E-state index contributed by atoms with van der Waals surface area (Å²) < 4.78 is 0. The van der Waals surface area contributed by atoms with Crippen LogP contribution >= 0.6 is 0 Å². The average molecular weight is 535 g/mol. The van der Waals surface area contributed by atoms with Crippen LogP contribution in [0.4, 0.5) is 0 Å². The maximum Gasteiger partial charge on any atom is 0.226 e. The van der Waals surface area contributed by atoms with Crippen LogP contribution in [0.2, 0.25) is 0 Å². The Hall–Kier alpha value is -1.96. The van der Waals surface area contributed by atoms with E-state index in [4.69, 9.17) is 6.57 Å². The molecule has 5 aliphatic carbocycles. The third kappa shape index (κ3) is 3.78. The van der Waals surface area contributed by atoms with Gasteiger partial charge in [0.05, 0.1) is 6.57 Å². The molecule has 5 heteroatoms. The summed E-state index contributed by atoms with van der Waals surface area (Å²) >= 11 is 0. The van der Waals surface area contributed by atoms with Crippen LogP contribution in [-0.2, 0) is 14.4 Å². The molecule has 5 rings (SSSR count). The second-order valence-corrected chi connectivity index (χ2v) is 16.2. The van der Waals surface area contributed by atoms with Crippen LogP contribution in [-0.4, -0.2) is 24.0 Å². The van der Waals surface area contributed by atoms with E-state index in [9.17, 15) is 14.4 Å². The number of rotatable bonds is 3. The standard InChI is InChI=1S/C34H50N2O3/c1-10-36-26(38)20-34-15-13-29(2,3)18-21(34)27-23(37)17-25-31(6)19-22(35-9)28(39)30(4,5)24(31)11-12-32(25,7)33(27,8)14-16-34/h19,21,24-25,27H,10-18,20H2,1-8H3,(H,36,38)/t21-,24-,25+,27-,31-,32+,33+,34+/m0/s1. The fourth-order valence-electron chi connectivity index (χ4n) is 11.3. The molecule has 0 heterocycles. The zero-order valence-electron chi connectivity index (χ0n) is 25.6. The number of ketones is 2. The molecule has 39 heavy (non-hydrogen) atoms. The van der Waals surface area contributed by atoms with Crippen LogP contribution in [0.1, 0.15) is 113 Å². The average Bonchev–Trinajstić information content (AvgIpc) is 2.84. The van der Waals surface area contributed by atoms with Gasteiger partial charge in [-0.1, -0.05) is 54.5 Å². The van der Waals surface area contributed by atoms with E-state index >= 15 is 0 Å². The Morgan fingerprint density at radius 1 is 0.974 bits per heavy atom. The third-order valence-electron chi connectivity index (χ3n) is 13.5. The van der Waals surface area contributed by atoms with Crippen LogP contribution in [0.3, 0.4) is 0 Å². The molecule has 5 nitrogen and oxygen atoms in total. The molecule has 0 unspecified atom stereocenters. The van der Waals surface area contributed by atoms with Crippen molar-refractivity contribution in [3.63, 3.8) is 0 Å². The summed E-state index contributed by atoms with van der Waals surface area (Å²) in [5.74, 6) is 0.889. The SMILES string of the molecule is [C-]#[N+]C1=C[C@]2(C)[C@H]3CC(=O)[C@@H]4[C@@H]5CC(C)(C)CC[C@]5(CC(=O)NCC)CC[C@@]4(C)[C@]3(C)CC[C@H]2C(C)(C)C1=O. The van der Waals surface area contributed by atoms with Crippen molar-refractivity contribution in [2.24, 2.45) is 56.2 Å². The van der Waals surface area contributed by atoms with E-state index < -0.39 is 5.41 Å². The molecule has 0 aliphatic heterocycles. The molecule has 0 spiro atoms. The number of nitrogens with zero attached hydrogens (tertiary/aromatic N) is 1. The van der Waals surface area contributed by atoms with Crippen molar-refractivity contribution in [2.45, 2.75) is 113 Å². The lowest BCUT2D eigenvalue weighted by Gasteiger charge is -2.72. The van der Waals surface area contributed by atoms with Crippen LogP contribution in [0, 0.1) is 62.7 Å². The van der Waals surface area contributed by atoms with Gasteiger partial charge >= 0.3 is 0 Å². The lowest BCUT2D eigenvalue weighted by atomic mass is 9.31. The highest BCUT2D eigenvalue weighted by Gasteiger charge is 2.72. The van der Waals surface area contributed by atoms with Gasteiger partial charge in [0.25, 0.3) is 0 Å². The molecule has 214 valence electrons. The van der Waals surface area contributed by atoms with Crippen LogP contribution in [0.25, 0.3) is 4.85 Å². The molecular formula is C34H50N2O3. The molecular weight excluding hydrogens is 484 g/mol. The first-order valence-electron chi connectivity index (χ1n) is 15.5. The van der Waals surface area contributed by atoms with Gasteiger partial charge in [0, 0.05) is 30.7 Å². The van der Waals surface area contributed by atoms with E-state index in [1.165, 1.54) is 0 Å². The molecule has 0 aromatic rings. The molecule has 5 aliphatic rings. The summed E-state index contributed by atoms with van der Waals surface area (Å²) in [6.45, 7) is 26.2. The lowest BCUT2D eigenvalue weighted by molar-refractivity contribution is -0.223. The number of hydrogen-bond acceptors (Lipinski definition) is 3. The Bertz CT molecular complexity index is 1180. The number of carbonyl (C=O) groups excluding carboxylic acids is 3. The van der Waals surface area contributed by atoms with Crippen LogP contribution in [0.15, 0.2) is 11.8 Å². The summed E-state index contributed by atoms with van der Waals surface area (Å²) in [5.41, 5.74) is -0.882. The van der Waals surface area contributed by atoms with Crippen molar-refractivity contribution >= 4 is 17.5 Å². The number of Topliss-reactive ketones (excluding diaryl/α,β-unsaturated/α-hetero) is 2. The molecule has 0 radical (unpaired) electrons. The first kappa shape index (κ1) is 28.6. The van der Waals surface area contributed by atoms with Gasteiger partial charge < -0.3 is 10.1 Å². The second-order valence-electron chi connectivity index (χ2n) is 16.2. The summed E-state index contributed by atoms with van der Waals surface area (Å²) in [4.78, 5) is 44.6. The fraction of sp³-hybridized carbons (Fsp3) is 0.824. The van der Waals surface area contributed by atoms with E-state index in [1.54, 1.807) is 0 Å². The van der Waals surface area contributed by atoms with Crippen LogP contribution < -0.4 is 5.32 Å². The third-order valence-corrected chi connectivity index (χ3v) is 13.5. The first-order chi connectivity index (χ1) is 18.0. The lowest BCUT2D eigenvalue weighted by Crippen LogP contribution is -2.68. The smallest absolute Gasteiger partial charge is 0.226 e. The Balaban J connectivity index is 1.60. The molecule has 1 amide bonds. The highest BCUT2D eigenvalue weighted by molar-refractivity contribution is 6.02. The highest BCUT2D eigenvalue weighted by atomic mass is 16.2. The van der Waals surface area contributed by atoms with E-state index in [2.05, 4.69) is 44.8 Å². The Morgan fingerprint density at radius 3 is 2.28 bits per heavy atom. The maximum atomic E-state index is 14.6. The highest BCUT2D eigenvalue weighted by Crippen LogP contribution is 2.76. The van der Waals surface area contributed by atoms with Gasteiger partial charge in [-0.25, -0.2) is 4.85 Å². The first-order valence-corrected chi connectivity index (χ1v) is 15.5. The van der Waals surface area contributed by atoms with Crippen molar-refractivity contribution in [1.82, 2.24) is 5.32 Å². The minimum Gasteiger partial charge on any atom is -0.356 e. The molecule has 4 saturated carbocycles. The fourth-order valence-corrected chi connectivity index (χ4v) is 11.3. The predicted octanol–water partition coefficient (Wildman–Crippen LogP) is 7.17. The van der Waals surface area contributed by atoms with E-state index in [-0.39, 0.29) is 68.1 Å². The molecule has 0 aromatic carbocycles. The largest absolute Gasteiger partial charge is 0.356 e. The predicted molar refractivity (Wildman–Crippen MR) is 153 cm³/mol. The van der Waals surface area contributed by atoms with Gasteiger partial charge in [-0.05, 0) is 96.7 Å². The van der Waals surface area contributed by atoms with Gasteiger partial charge in [-0.3, -0.25) is 9.59 Å². The number of nitrogens with one attached hydrogen (secondary N) is 1. The topological polar surface area (TPSA) is 67.6 Å². The Kier molecular flexibility index (Phi) is 6.42. The van der Waals surface area contributed by atoms with Crippen molar-refractivity contribution in [2.75, 3.05) is 6.54 Å². The van der Waals surface area contributed by atoms with Gasteiger partial charge in [0.1, 0.15) is 5.78 Å². The van der Waals surface area contributed by atoms with E-state index in [0.29, 0.717) is 25.2 Å². The Labute approximate surface area is 236 Å². The van der Waals surface area contributed by atoms with Gasteiger partial charge in [0.2, 0.25) is 11.6 Å². The minimum atomic E-state index is -0.604. The molecule has 0 saturated heterocycles. The van der Waals surface area contributed by atoms with Gasteiger partial charge in [0.15, 0.2) is 5.78 Å². The van der Waals surface area contributed by atoms with Gasteiger partial charge in [-0.15, -0.1) is 0 Å². The second kappa shape index (κ2) is 8.77. The maximum absolute atomic E-state index is 14.6. The number of allylic oxidation sites excluding steroid dienone is 2. The van der Waals surface area contributed by atoms with Crippen molar-refractivity contribution in [1.29, 1.82) is 0 Å². The monoisotopic (exact) mass is 534 g/mol. The minimum absolute atomic E-state index is 0.0351. The molecule has 1 N–H and O–H groups in total. The van der Waals surface area contributed by atoms with Crippen molar-refractivity contribution in [3.8, 4) is 0 Å². The number of amides is 1. The van der Waals surface area contributed by atoms with E-state index in [1.807, 2.05) is 26.8 Å². The number of carbonyl (C=O) groups is 3. The summed E-state index contributed by atoms with van der Waals surface area (Å²) in [7, 11) is 0. The zero-order chi connectivity index (χ0) is 28.8. The Morgan fingerprint density at radius 2 is 1.64 bits per heavy atom. The molecule has 0 bridgehead atoms. The summed E-state index contributed by atoms with van der Waals surface area (Å²) in [5, 5.41) is 3.06. The molecule has 8 atom stereocenters. The molecule has 4 fully saturated rings. The van der Waals surface area contributed by atoms with Crippen molar-refractivity contribution in [3.05, 3.63) is 23.2 Å². The normalized spacial score (nSPS) is 46.0.